The van der Waals surface area contributed by atoms with E-state index in [0.29, 0.717) is 18.3 Å². The first-order valence-corrected chi connectivity index (χ1v) is 10.1. The fourth-order valence-electron chi connectivity index (χ4n) is 2.74. The normalized spacial score (nSPS) is 23.7. The lowest BCUT2D eigenvalue weighted by Gasteiger charge is -2.39. The molecule has 1 saturated heterocycles. The first-order chi connectivity index (χ1) is 10.9. The Balaban J connectivity index is 1.63. The van der Waals surface area contributed by atoms with Gasteiger partial charge in [-0.3, -0.25) is 9.69 Å². The molecule has 3 atom stereocenters. The van der Waals surface area contributed by atoms with Crippen molar-refractivity contribution in [2.24, 2.45) is 0 Å². The Hall–Kier alpha value is -0.630. The Labute approximate surface area is 147 Å². The van der Waals surface area contributed by atoms with E-state index in [1.165, 1.54) is 0 Å². The van der Waals surface area contributed by atoms with Crippen molar-refractivity contribution in [2.75, 3.05) is 25.4 Å². The quantitative estimate of drug-likeness (QED) is 0.811. The van der Waals surface area contributed by atoms with E-state index in [-0.39, 0.29) is 18.1 Å². The number of thioether (sulfide) groups is 1. The van der Waals surface area contributed by atoms with Crippen LogP contribution in [0.1, 0.15) is 31.5 Å². The Morgan fingerprint density at radius 3 is 2.83 bits per heavy atom. The van der Waals surface area contributed by atoms with Crippen LogP contribution in [0.5, 0.6) is 0 Å². The van der Waals surface area contributed by atoms with Gasteiger partial charge in [-0.1, -0.05) is 0 Å². The first kappa shape index (κ1) is 18.7. The summed E-state index contributed by atoms with van der Waals surface area (Å²) in [4.78, 5) is 18.8. The summed E-state index contributed by atoms with van der Waals surface area (Å²) in [6, 6.07) is 0.332. The monoisotopic (exact) mass is 357 g/mol. The molecule has 1 aliphatic rings. The Kier molecular flexibility index (Phi) is 7.33. The van der Waals surface area contributed by atoms with E-state index < -0.39 is 0 Å². The molecular formula is C16H27N3O2S2. The summed E-state index contributed by atoms with van der Waals surface area (Å²) >= 11 is 3.27. The number of thiazole rings is 1. The van der Waals surface area contributed by atoms with E-state index in [1.807, 2.05) is 6.92 Å². The number of ether oxygens (including phenoxy) is 1. The van der Waals surface area contributed by atoms with E-state index in [2.05, 4.69) is 41.4 Å². The Bertz CT molecular complexity index is 499. The average Bonchev–Trinajstić information content (AvgIpc) is 2.89. The van der Waals surface area contributed by atoms with Crippen LogP contribution in [0, 0.1) is 6.92 Å². The number of aromatic nitrogens is 1. The van der Waals surface area contributed by atoms with Crippen molar-refractivity contribution in [3.8, 4) is 0 Å². The fraction of sp³-hybridized carbons (Fsp3) is 0.750. The number of rotatable bonds is 7. The Morgan fingerprint density at radius 1 is 1.52 bits per heavy atom. The maximum absolute atomic E-state index is 12.0. The van der Waals surface area contributed by atoms with E-state index >= 15 is 0 Å². The average molecular weight is 358 g/mol. The molecule has 0 radical (unpaired) electrons. The molecule has 2 rings (SSSR count). The topological polar surface area (TPSA) is 54.5 Å². The minimum atomic E-state index is 0.100. The van der Waals surface area contributed by atoms with Crippen molar-refractivity contribution in [1.29, 1.82) is 0 Å². The predicted molar refractivity (Wildman–Crippen MR) is 97.1 cm³/mol. The summed E-state index contributed by atoms with van der Waals surface area (Å²) < 4.78 is 5.75. The van der Waals surface area contributed by atoms with Crippen LogP contribution in [-0.2, 0) is 15.3 Å². The van der Waals surface area contributed by atoms with Crippen molar-refractivity contribution in [2.45, 2.75) is 51.7 Å². The fourth-order valence-corrected chi connectivity index (χ4v) is 4.21. The molecule has 5 nitrogen and oxygen atoms in total. The molecular weight excluding hydrogens is 330 g/mol. The minimum absolute atomic E-state index is 0.100. The summed E-state index contributed by atoms with van der Waals surface area (Å²) in [5.74, 6) is 1.38. The van der Waals surface area contributed by atoms with Gasteiger partial charge in [-0.25, -0.2) is 4.98 Å². The van der Waals surface area contributed by atoms with Crippen LogP contribution >= 0.6 is 23.1 Å². The molecule has 0 bridgehead atoms. The molecule has 0 saturated carbocycles. The van der Waals surface area contributed by atoms with Crippen LogP contribution in [0.2, 0.25) is 0 Å². The van der Waals surface area contributed by atoms with Crippen LogP contribution in [0.15, 0.2) is 5.38 Å². The molecule has 0 unspecified atom stereocenters. The Morgan fingerprint density at radius 2 is 2.22 bits per heavy atom. The number of carbonyl (C=O) groups excluding carboxylic acids is 1. The minimum Gasteiger partial charge on any atom is -0.373 e. The molecule has 2 heterocycles. The van der Waals surface area contributed by atoms with Gasteiger partial charge in [0.1, 0.15) is 0 Å². The largest absolute Gasteiger partial charge is 0.373 e. The van der Waals surface area contributed by atoms with Gasteiger partial charge in [-0.15, -0.1) is 23.1 Å². The summed E-state index contributed by atoms with van der Waals surface area (Å²) in [5.41, 5.74) is 1.06. The predicted octanol–water partition coefficient (Wildman–Crippen LogP) is 2.30. The molecule has 1 aliphatic heterocycles. The van der Waals surface area contributed by atoms with E-state index in [4.69, 9.17) is 4.74 Å². The standard InChI is InChI=1S/C16H27N3O2S2/c1-11(19-6-12(2)21-13(3)7-19)5-17-16(20)10-22-8-15-9-23-14(4)18-15/h9,11-13H,5-8,10H2,1-4H3,(H,17,20)/t11-,12-,13+/m1/s1. The number of nitrogens with one attached hydrogen (secondary N) is 1. The second kappa shape index (κ2) is 9.01. The molecule has 1 fully saturated rings. The number of hydrogen-bond donors (Lipinski definition) is 1. The highest BCUT2D eigenvalue weighted by molar-refractivity contribution is 7.99. The van der Waals surface area contributed by atoms with Crippen molar-refractivity contribution >= 4 is 29.0 Å². The van der Waals surface area contributed by atoms with Gasteiger partial charge < -0.3 is 10.1 Å². The lowest BCUT2D eigenvalue weighted by Crippen LogP contribution is -2.52. The van der Waals surface area contributed by atoms with E-state index in [9.17, 15) is 4.79 Å². The molecule has 1 aromatic heterocycles. The molecule has 130 valence electrons. The van der Waals surface area contributed by atoms with Gasteiger partial charge in [0.2, 0.25) is 5.91 Å². The van der Waals surface area contributed by atoms with Gasteiger partial charge in [0, 0.05) is 36.8 Å². The number of hydrogen-bond acceptors (Lipinski definition) is 6. The number of nitrogens with zero attached hydrogens (tertiary/aromatic N) is 2. The molecule has 23 heavy (non-hydrogen) atoms. The third-order valence-corrected chi connectivity index (χ3v) is 5.60. The zero-order valence-electron chi connectivity index (χ0n) is 14.4. The van der Waals surface area contributed by atoms with E-state index in [1.54, 1.807) is 23.1 Å². The molecule has 7 heteroatoms. The highest BCUT2D eigenvalue weighted by atomic mass is 32.2. The summed E-state index contributed by atoms with van der Waals surface area (Å²) in [5, 5.41) is 6.18. The van der Waals surface area contributed by atoms with Gasteiger partial charge in [-0.2, -0.15) is 0 Å². The van der Waals surface area contributed by atoms with Gasteiger partial charge >= 0.3 is 0 Å². The molecule has 0 aliphatic carbocycles. The third-order valence-electron chi connectivity index (χ3n) is 3.82. The highest BCUT2D eigenvalue weighted by Crippen LogP contribution is 2.15. The summed E-state index contributed by atoms with van der Waals surface area (Å²) in [7, 11) is 0. The molecule has 1 amide bonds. The number of carbonyl (C=O) groups is 1. The second-order valence-electron chi connectivity index (χ2n) is 6.21. The number of morpholine rings is 1. The maximum Gasteiger partial charge on any atom is 0.230 e. The number of amides is 1. The smallest absolute Gasteiger partial charge is 0.230 e. The van der Waals surface area contributed by atoms with Crippen molar-refractivity contribution in [1.82, 2.24) is 15.2 Å². The summed E-state index contributed by atoms with van der Waals surface area (Å²) in [6.45, 7) is 10.9. The van der Waals surface area contributed by atoms with Crippen molar-refractivity contribution in [3.63, 3.8) is 0 Å². The molecule has 0 aromatic carbocycles. The van der Waals surface area contributed by atoms with Gasteiger partial charge in [-0.05, 0) is 27.7 Å². The van der Waals surface area contributed by atoms with Crippen molar-refractivity contribution in [3.05, 3.63) is 16.1 Å². The molecule has 1 N–H and O–H groups in total. The van der Waals surface area contributed by atoms with Crippen LogP contribution in [0.25, 0.3) is 0 Å². The molecule has 1 aromatic rings. The van der Waals surface area contributed by atoms with Gasteiger partial charge in [0.25, 0.3) is 0 Å². The lowest BCUT2D eigenvalue weighted by atomic mass is 10.2. The third kappa shape index (κ3) is 6.41. The zero-order valence-corrected chi connectivity index (χ0v) is 16.0. The maximum atomic E-state index is 12.0. The van der Waals surface area contributed by atoms with Crippen molar-refractivity contribution < 1.29 is 9.53 Å². The first-order valence-electron chi connectivity index (χ1n) is 8.09. The van der Waals surface area contributed by atoms with E-state index in [0.717, 1.165) is 29.5 Å². The number of aryl methyl sites for hydroxylation is 1. The zero-order chi connectivity index (χ0) is 16.8. The highest BCUT2D eigenvalue weighted by Gasteiger charge is 2.25. The van der Waals surface area contributed by atoms with Gasteiger partial charge in [0.15, 0.2) is 0 Å². The van der Waals surface area contributed by atoms with Gasteiger partial charge in [0.05, 0.1) is 28.7 Å². The molecule has 0 spiro atoms. The second-order valence-corrected chi connectivity index (χ2v) is 8.26. The van der Waals surface area contributed by atoms with Crippen LogP contribution in [0.3, 0.4) is 0 Å². The van der Waals surface area contributed by atoms with Crippen LogP contribution in [0.4, 0.5) is 0 Å². The van der Waals surface area contributed by atoms with Crippen LogP contribution < -0.4 is 5.32 Å². The van der Waals surface area contributed by atoms with Crippen LogP contribution in [-0.4, -0.2) is 59.4 Å². The SMILES string of the molecule is Cc1nc(CSCC(=O)NC[C@@H](C)N2C[C@@H](C)O[C@@H](C)C2)cs1. The lowest BCUT2D eigenvalue weighted by molar-refractivity contribution is -0.119. The summed E-state index contributed by atoms with van der Waals surface area (Å²) in [6.07, 6.45) is 0.517.